The third-order valence-electron chi connectivity index (χ3n) is 5.43. The van der Waals surface area contributed by atoms with Crippen molar-refractivity contribution in [2.75, 3.05) is 31.1 Å². The molecule has 3 aromatic rings. The first kappa shape index (κ1) is 20.4. The van der Waals surface area contributed by atoms with Crippen molar-refractivity contribution in [2.24, 2.45) is 0 Å². The largest absolute Gasteiger partial charge is 0.369 e. The van der Waals surface area contributed by atoms with Gasteiger partial charge in [-0.25, -0.2) is 13.5 Å². The molecule has 8 heteroatoms. The predicted molar refractivity (Wildman–Crippen MR) is 111 cm³/mol. The Hall–Kier alpha value is -2.87. The third-order valence-corrected chi connectivity index (χ3v) is 5.43. The van der Waals surface area contributed by atoms with Gasteiger partial charge in [0.05, 0.1) is 11.6 Å². The van der Waals surface area contributed by atoms with Crippen molar-refractivity contribution in [2.45, 2.75) is 32.4 Å². The second-order valence-electron chi connectivity index (χ2n) is 8.57. The van der Waals surface area contributed by atoms with Crippen molar-refractivity contribution >= 4 is 5.69 Å². The number of halogens is 2. The van der Waals surface area contributed by atoms with Crippen molar-refractivity contribution in [1.29, 1.82) is 0 Å². The zero-order valence-electron chi connectivity index (χ0n) is 17.5. The molecule has 0 bridgehead atoms. The molecule has 0 unspecified atom stereocenters. The topological polar surface area (TPSA) is 50.1 Å². The van der Waals surface area contributed by atoms with Crippen LogP contribution < -0.4 is 4.90 Å². The van der Waals surface area contributed by atoms with Crippen LogP contribution in [0.15, 0.2) is 48.5 Å². The molecule has 0 radical (unpaired) electrons. The van der Waals surface area contributed by atoms with E-state index in [-0.39, 0.29) is 23.2 Å². The SMILES string of the molecule is CC(C)(C)n1nnnc1[C@H](c1ccc(F)cc1)N1CCN(c2ccc(F)cc2)CC1. The maximum absolute atomic E-state index is 13.6. The molecular weight excluding hydrogens is 386 g/mol. The summed E-state index contributed by atoms with van der Waals surface area (Å²) in [5.41, 5.74) is 1.67. The first-order valence-corrected chi connectivity index (χ1v) is 10.1. The Labute approximate surface area is 175 Å². The van der Waals surface area contributed by atoms with Gasteiger partial charge in [-0.2, -0.15) is 0 Å². The third kappa shape index (κ3) is 4.18. The van der Waals surface area contributed by atoms with Gasteiger partial charge in [-0.05, 0) is 73.2 Å². The first-order valence-electron chi connectivity index (χ1n) is 10.1. The standard InChI is InChI=1S/C22H26F2N6/c1-22(2,3)30-21(25-26-27-30)20(16-4-6-17(23)7-5-16)29-14-12-28(13-15-29)19-10-8-18(24)9-11-19/h4-11,20H,12-15H2,1-3H3/t20-/m0/s1. The molecule has 158 valence electrons. The summed E-state index contributed by atoms with van der Waals surface area (Å²) in [4.78, 5) is 4.56. The maximum atomic E-state index is 13.6. The van der Waals surface area contributed by atoms with Gasteiger partial charge in [0.25, 0.3) is 0 Å². The van der Waals surface area contributed by atoms with Gasteiger partial charge in [0.1, 0.15) is 11.6 Å². The monoisotopic (exact) mass is 412 g/mol. The van der Waals surface area contributed by atoms with E-state index in [2.05, 4.69) is 46.1 Å². The zero-order chi connectivity index (χ0) is 21.3. The summed E-state index contributed by atoms with van der Waals surface area (Å²) in [5.74, 6) is 0.237. The molecule has 1 aliphatic rings. The minimum Gasteiger partial charge on any atom is -0.369 e. The lowest BCUT2D eigenvalue weighted by molar-refractivity contribution is 0.191. The summed E-state index contributed by atoms with van der Waals surface area (Å²) in [7, 11) is 0. The van der Waals surface area contributed by atoms with Crippen molar-refractivity contribution in [1.82, 2.24) is 25.1 Å². The molecule has 2 heterocycles. The summed E-state index contributed by atoms with van der Waals surface area (Å²) in [6, 6.07) is 13.0. The summed E-state index contributed by atoms with van der Waals surface area (Å²) in [6.45, 7) is 9.30. The number of piperazine rings is 1. The Balaban J connectivity index is 1.62. The molecule has 30 heavy (non-hydrogen) atoms. The molecular formula is C22H26F2N6. The van der Waals surface area contributed by atoms with E-state index in [4.69, 9.17) is 0 Å². The Bertz CT molecular complexity index is 970. The van der Waals surface area contributed by atoms with Crippen LogP contribution in [0.3, 0.4) is 0 Å². The van der Waals surface area contributed by atoms with Gasteiger partial charge in [0.2, 0.25) is 0 Å². The second kappa shape index (κ2) is 8.10. The van der Waals surface area contributed by atoms with E-state index >= 15 is 0 Å². The Morgan fingerprint density at radius 1 is 0.833 bits per heavy atom. The van der Waals surface area contributed by atoms with E-state index in [9.17, 15) is 8.78 Å². The second-order valence-corrected chi connectivity index (χ2v) is 8.57. The highest BCUT2D eigenvalue weighted by atomic mass is 19.1. The van der Waals surface area contributed by atoms with Crippen molar-refractivity contribution in [3.05, 3.63) is 71.6 Å². The van der Waals surface area contributed by atoms with Crippen LogP contribution in [-0.4, -0.2) is 51.3 Å². The van der Waals surface area contributed by atoms with Crippen LogP contribution in [0, 0.1) is 11.6 Å². The molecule has 1 atom stereocenters. The van der Waals surface area contributed by atoms with E-state index < -0.39 is 0 Å². The summed E-state index contributed by atoms with van der Waals surface area (Å²) in [6.07, 6.45) is 0. The van der Waals surface area contributed by atoms with Gasteiger partial charge in [-0.1, -0.05) is 12.1 Å². The Morgan fingerprint density at radius 3 is 1.97 bits per heavy atom. The average Bonchev–Trinajstić information content (AvgIpc) is 3.21. The fourth-order valence-corrected chi connectivity index (χ4v) is 3.90. The van der Waals surface area contributed by atoms with Crippen LogP contribution in [0.1, 0.15) is 38.2 Å². The average molecular weight is 412 g/mol. The minimum absolute atomic E-state index is 0.185. The highest BCUT2D eigenvalue weighted by Crippen LogP contribution is 2.31. The number of benzene rings is 2. The predicted octanol–water partition coefficient (Wildman–Crippen LogP) is 3.62. The van der Waals surface area contributed by atoms with Crippen molar-refractivity contribution in [3.63, 3.8) is 0 Å². The van der Waals surface area contributed by atoms with Crippen LogP contribution >= 0.6 is 0 Å². The van der Waals surface area contributed by atoms with Gasteiger partial charge < -0.3 is 4.90 Å². The fraction of sp³-hybridized carbons (Fsp3) is 0.409. The number of tetrazole rings is 1. The Morgan fingerprint density at radius 2 is 1.40 bits per heavy atom. The molecule has 1 fully saturated rings. The number of nitrogens with zero attached hydrogens (tertiary/aromatic N) is 6. The number of anilines is 1. The van der Waals surface area contributed by atoms with E-state index in [1.807, 2.05) is 16.8 Å². The van der Waals surface area contributed by atoms with Gasteiger partial charge in [0, 0.05) is 31.9 Å². The molecule has 4 rings (SSSR count). The normalized spacial score (nSPS) is 16.6. The molecule has 0 saturated carbocycles. The lowest BCUT2D eigenvalue weighted by Crippen LogP contribution is -2.48. The number of hydrogen-bond acceptors (Lipinski definition) is 5. The van der Waals surface area contributed by atoms with Gasteiger partial charge >= 0.3 is 0 Å². The fourth-order valence-electron chi connectivity index (χ4n) is 3.90. The molecule has 0 N–H and O–H groups in total. The van der Waals surface area contributed by atoms with Gasteiger partial charge in [-0.3, -0.25) is 4.90 Å². The van der Waals surface area contributed by atoms with Crippen LogP contribution in [0.4, 0.5) is 14.5 Å². The first-order chi connectivity index (χ1) is 14.3. The zero-order valence-corrected chi connectivity index (χ0v) is 17.5. The molecule has 0 aliphatic carbocycles. The highest BCUT2D eigenvalue weighted by molar-refractivity contribution is 5.46. The summed E-state index contributed by atoms with van der Waals surface area (Å²) >= 11 is 0. The Kier molecular flexibility index (Phi) is 5.51. The van der Waals surface area contributed by atoms with E-state index in [0.717, 1.165) is 43.3 Å². The maximum Gasteiger partial charge on any atom is 0.173 e. The highest BCUT2D eigenvalue weighted by Gasteiger charge is 2.33. The number of hydrogen-bond donors (Lipinski definition) is 0. The number of aromatic nitrogens is 4. The summed E-state index contributed by atoms with van der Waals surface area (Å²) < 4.78 is 28.7. The van der Waals surface area contributed by atoms with Gasteiger partial charge in [0.15, 0.2) is 5.82 Å². The van der Waals surface area contributed by atoms with E-state index in [1.54, 1.807) is 12.1 Å². The smallest absolute Gasteiger partial charge is 0.173 e. The molecule has 1 aromatic heterocycles. The van der Waals surface area contributed by atoms with E-state index in [0.29, 0.717) is 0 Å². The van der Waals surface area contributed by atoms with E-state index in [1.165, 1.54) is 24.3 Å². The molecule has 2 aromatic carbocycles. The quantitative estimate of drug-likeness (QED) is 0.655. The molecule has 6 nitrogen and oxygen atoms in total. The van der Waals surface area contributed by atoms with Crippen molar-refractivity contribution in [3.8, 4) is 0 Å². The molecule has 1 saturated heterocycles. The van der Waals surface area contributed by atoms with Gasteiger partial charge in [-0.15, -0.1) is 5.10 Å². The lowest BCUT2D eigenvalue weighted by atomic mass is 10.0. The summed E-state index contributed by atoms with van der Waals surface area (Å²) in [5, 5.41) is 12.5. The lowest BCUT2D eigenvalue weighted by Gasteiger charge is -2.40. The minimum atomic E-state index is -0.285. The van der Waals surface area contributed by atoms with Crippen molar-refractivity contribution < 1.29 is 8.78 Å². The van der Waals surface area contributed by atoms with Crippen LogP contribution in [0.2, 0.25) is 0 Å². The van der Waals surface area contributed by atoms with Crippen LogP contribution in [0.5, 0.6) is 0 Å². The molecule has 1 aliphatic heterocycles. The molecule has 0 amide bonds. The van der Waals surface area contributed by atoms with Crippen LogP contribution in [0.25, 0.3) is 0 Å². The van der Waals surface area contributed by atoms with Crippen LogP contribution in [-0.2, 0) is 5.54 Å². The number of rotatable bonds is 4. The molecule has 0 spiro atoms.